The van der Waals surface area contributed by atoms with Gasteiger partial charge in [-0.05, 0) is 39.5 Å². The molecule has 0 saturated carbocycles. The van der Waals surface area contributed by atoms with Crippen LogP contribution in [-0.2, 0) is 0 Å². The molecule has 0 aromatic heterocycles. The normalized spacial score (nSPS) is 22.6. The lowest BCUT2D eigenvalue weighted by atomic mass is 10.1. The van der Waals surface area contributed by atoms with Crippen LogP contribution in [-0.4, -0.2) is 30.7 Å². The topological polar surface area (TPSA) is 0 Å². The van der Waals surface area contributed by atoms with Crippen LogP contribution >= 0.6 is 0 Å². The first-order chi connectivity index (χ1) is 5.83. The Morgan fingerprint density at radius 2 is 1.15 bits per heavy atom. The summed E-state index contributed by atoms with van der Waals surface area (Å²) in [5.74, 6) is 0. The molecule has 0 spiro atoms. The first-order valence-corrected chi connectivity index (χ1v) is 5.68. The van der Waals surface area contributed by atoms with Crippen LogP contribution in [0.5, 0.6) is 0 Å². The fourth-order valence-corrected chi connectivity index (χ4v) is 2.39. The van der Waals surface area contributed by atoms with Crippen LogP contribution in [0.1, 0.15) is 46.0 Å². The average molecular weight is 297 g/mol. The second kappa shape index (κ2) is 7.04. The Labute approximate surface area is 100 Å². The minimum absolute atomic E-state index is 0. The highest BCUT2D eigenvalue weighted by Gasteiger charge is 2.22. The first-order valence-electron chi connectivity index (χ1n) is 5.68. The molecule has 80 valence electrons. The second-order valence-electron chi connectivity index (χ2n) is 4.19. The molecule has 0 atom stereocenters. The van der Waals surface area contributed by atoms with Crippen molar-refractivity contribution in [3.63, 3.8) is 0 Å². The molecule has 1 heterocycles. The molecule has 1 saturated heterocycles. The molecule has 0 unspecified atom stereocenters. The summed E-state index contributed by atoms with van der Waals surface area (Å²) in [6.07, 6.45) is 7.34. The van der Waals surface area contributed by atoms with Crippen molar-refractivity contribution in [2.75, 3.05) is 26.2 Å². The summed E-state index contributed by atoms with van der Waals surface area (Å²) in [5, 5.41) is 0. The predicted octanol–water partition coefficient (Wildman–Crippen LogP) is -0.189. The van der Waals surface area contributed by atoms with Crippen molar-refractivity contribution in [1.82, 2.24) is 0 Å². The third-order valence-corrected chi connectivity index (χ3v) is 3.61. The Bertz CT molecular complexity index is 111. The fourth-order valence-electron chi connectivity index (χ4n) is 2.39. The van der Waals surface area contributed by atoms with Gasteiger partial charge in [-0.3, -0.25) is 0 Å². The van der Waals surface area contributed by atoms with Gasteiger partial charge in [0.1, 0.15) is 0 Å². The minimum Gasteiger partial charge on any atom is -1.00 e. The van der Waals surface area contributed by atoms with Gasteiger partial charge >= 0.3 is 0 Å². The van der Waals surface area contributed by atoms with E-state index in [9.17, 15) is 0 Å². The van der Waals surface area contributed by atoms with Gasteiger partial charge in [-0.15, -0.1) is 0 Å². The average Bonchev–Trinajstić information content (AvgIpc) is 2.06. The summed E-state index contributed by atoms with van der Waals surface area (Å²) < 4.78 is 1.39. The van der Waals surface area contributed by atoms with Gasteiger partial charge in [-0.1, -0.05) is 6.42 Å². The van der Waals surface area contributed by atoms with Crippen molar-refractivity contribution in [3.8, 4) is 0 Å². The Morgan fingerprint density at radius 1 is 0.769 bits per heavy atom. The summed E-state index contributed by atoms with van der Waals surface area (Å²) in [5.41, 5.74) is 0. The molecule has 0 aromatic rings. The van der Waals surface area contributed by atoms with E-state index in [0.717, 1.165) is 0 Å². The molecular weight excluding hydrogens is 273 g/mol. The third-order valence-electron chi connectivity index (χ3n) is 3.61. The van der Waals surface area contributed by atoms with Crippen molar-refractivity contribution < 1.29 is 28.5 Å². The van der Waals surface area contributed by atoms with Gasteiger partial charge in [-0.2, -0.15) is 0 Å². The maximum Gasteiger partial charge on any atom is 0.0786 e. The molecule has 1 aliphatic heterocycles. The van der Waals surface area contributed by atoms with Crippen molar-refractivity contribution in [2.24, 2.45) is 0 Å². The van der Waals surface area contributed by atoms with E-state index < -0.39 is 0 Å². The van der Waals surface area contributed by atoms with E-state index in [1.54, 1.807) is 0 Å². The van der Waals surface area contributed by atoms with Crippen LogP contribution in [0.4, 0.5) is 0 Å². The number of quaternary nitrogens is 1. The lowest BCUT2D eigenvalue weighted by molar-refractivity contribution is -0.925. The summed E-state index contributed by atoms with van der Waals surface area (Å²) in [4.78, 5) is 0. The number of nitrogens with zero attached hydrogens (tertiary/aromatic N) is 1. The smallest absolute Gasteiger partial charge is 0.0786 e. The minimum atomic E-state index is 0. The predicted molar refractivity (Wildman–Crippen MR) is 54.2 cm³/mol. The Hall–Kier alpha value is 0.690. The number of likely N-dealkylation sites (tertiary alicyclic amines) is 1. The lowest BCUT2D eigenvalue weighted by Gasteiger charge is -2.38. The molecule has 13 heavy (non-hydrogen) atoms. The van der Waals surface area contributed by atoms with E-state index in [-0.39, 0.29) is 24.0 Å². The monoisotopic (exact) mass is 297 g/mol. The maximum absolute atomic E-state index is 2.35. The van der Waals surface area contributed by atoms with E-state index in [1.807, 2.05) is 0 Å². The van der Waals surface area contributed by atoms with Crippen LogP contribution in [0.25, 0.3) is 0 Å². The van der Waals surface area contributed by atoms with Crippen LogP contribution in [0.3, 0.4) is 0 Å². The van der Waals surface area contributed by atoms with Gasteiger partial charge < -0.3 is 28.5 Å². The molecule has 0 N–H and O–H groups in total. The van der Waals surface area contributed by atoms with Crippen LogP contribution in [0, 0.1) is 0 Å². The Morgan fingerprint density at radius 3 is 1.54 bits per heavy atom. The number of halogens is 1. The molecule has 0 aromatic carbocycles. The largest absolute Gasteiger partial charge is 1.00 e. The van der Waals surface area contributed by atoms with E-state index in [4.69, 9.17) is 0 Å². The molecule has 0 radical (unpaired) electrons. The highest BCUT2D eigenvalue weighted by molar-refractivity contribution is 4.51. The quantitative estimate of drug-likeness (QED) is 0.490. The molecule has 1 nitrogen and oxygen atoms in total. The Balaban J connectivity index is 0.00000144. The molecule has 1 fully saturated rings. The van der Waals surface area contributed by atoms with Crippen molar-refractivity contribution in [2.45, 2.75) is 46.0 Å². The zero-order chi connectivity index (χ0) is 8.86. The van der Waals surface area contributed by atoms with E-state index in [2.05, 4.69) is 13.8 Å². The van der Waals surface area contributed by atoms with E-state index in [1.165, 1.54) is 62.8 Å². The van der Waals surface area contributed by atoms with E-state index in [0.29, 0.717) is 0 Å². The van der Waals surface area contributed by atoms with Crippen LogP contribution < -0.4 is 24.0 Å². The molecule has 0 amide bonds. The summed E-state index contributed by atoms with van der Waals surface area (Å²) in [7, 11) is 0. The van der Waals surface area contributed by atoms with Crippen LogP contribution in [0.2, 0.25) is 0 Å². The van der Waals surface area contributed by atoms with Crippen molar-refractivity contribution >= 4 is 0 Å². The van der Waals surface area contributed by atoms with Crippen LogP contribution in [0.15, 0.2) is 0 Å². The zero-order valence-corrected chi connectivity index (χ0v) is 11.3. The van der Waals surface area contributed by atoms with Gasteiger partial charge in [-0.25, -0.2) is 0 Å². The summed E-state index contributed by atoms with van der Waals surface area (Å²) in [6, 6.07) is 0. The van der Waals surface area contributed by atoms with Gasteiger partial charge in [0.05, 0.1) is 26.2 Å². The maximum atomic E-state index is 2.35. The van der Waals surface area contributed by atoms with E-state index >= 15 is 0 Å². The van der Waals surface area contributed by atoms with Gasteiger partial charge in [0.25, 0.3) is 0 Å². The summed E-state index contributed by atoms with van der Waals surface area (Å²) >= 11 is 0. The second-order valence-corrected chi connectivity index (χ2v) is 4.19. The molecule has 0 aliphatic carbocycles. The van der Waals surface area contributed by atoms with Gasteiger partial charge in [0.2, 0.25) is 0 Å². The molecule has 0 bridgehead atoms. The third kappa shape index (κ3) is 4.15. The first kappa shape index (κ1) is 13.7. The SMILES string of the molecule is CC[N+]1(CC)CCCCCCC1.[I-]. The zero-order valence-electron chi connectivity index (χ0n) is 9.19. The van der Waals surface area contributed by atoms with Gasteiger partial charge in [0.15, 0.2) is 0 Å². The number of hydrogen-bond donors (Lipinski definition) is 0. The van der Waals surface area contributed by atoms with Crippen molar-refractivity contribution in [3.05, 3.63) is 0 Å². The molecule has 2 heteroatoms. The molecule has 1 rings (SSSR count). The molecule has 1 aliphatic rings. The number of hydrogen-bond acceptors (Lipinski definition) is 0. The fraction of sp³-hybridized carbons (Fsp3) is 1.00. The highest BCUT2D eigenvalue weighted by Crippen LogP contribution is 2.17. The van der Waals surface area contributed by atoms with Crippen molar-refractivity contribution in [1.29, 1.82) is 0 Å². The van der Waals surface area contributed by atoms with Gasteiger partial charge in [0, 0.05) is 0 Å². The molecular formula is C11H24IN. The Kier molecular flexibility index (Phi) is 7.42. The highest BCUT2D eigenvalue weighted by atomic mass is 127. The summed E-state index contributed by atoms with van der Waals surface area (Å²) in [6.45, 7) is 10.3. The number of rotatable bonds is 2. The standard InChI is InChI=1S/C11H24N.HI/c1-3-12(4-2)10-8-6-5-7-9-11-12;/h3-11H2,1-2H3;1H/q+1;/p-1. The lowest BCUT2D eigenvalue weighted by Crippen LogP contribution is -3.00.